The summed E-state index contributed by atoms with van der Waals surface area (Å²) in [5, 5.41) is 4.39. The summed E-state index contributed by atoms with van der Waals surface area (Å²) in [5.74, 6) is -0.521. The molecule has 1 aliphatic rings. The molecular formula is C14H15BrN4O. The van der Waals surface area contributed by atoms with Crippen molar-refractivity contribution >= 4 is 21.8 Å². The highest BCUT2D eigenvalue weighted by molar-refractivity contribution is 9.10. The van der Waals surface area contributed by atoms with Crippen molar-refractivity contribution in [3.63, 3.8) is 0 Å². The van der Waals surface area contributed by atoms with Crippen molar-refractivity contribution in [3.05, 3.63) is 45.7 Å². The van der Waals surface area contributed by atoms with Crippen LogP contribution in [0.2, 0.25) is 0 Å². The van der Waals surface area contributed by atoms with Crippen molar-refractivity contribution < 1.29 is 4.79 Å². The second kappa shape index (κ2) is 5.03. The number of rotatable bonds is 2. The van der Waals surface area contributed by atoms with Crippen molar-refractivity contribution in [1.29, 1.82) is 0 Å². The molecular weight excluding hydrogens is 320 g/mol. The van der Waals surface area contributed by atoms with Gasteiger partial charge >= 0.3 is 0 Å². The third kappa shape index (κ3) is 2.14. The van der Waals surface area contributed by atoms with E-state index in [4.69, 9.17) is 11.5 Å². The minimum Gasteiger partial charge on any atom is -0.364 e. The topological polar surface area (TPSA) is 86.9 Å². The van der Waals surface area contributed by atoms with E-state index in [-0.39, 0.29) is 6.04 Å². The number of primary amides is 1. The van der Waals surface area contributed by atoms with Crippen LogP contribution in [-0.4, -0.2) is 15.7 Å². The molecule has 4 N–H and O–H groups in total. The molecule has 20 heavy (non-hydrogen) atoms. The van der Waals surface area contributed by atoms with E-state index in [1.54, 1.807) is 4.68 Å². The van der Waals surface area contributed by atoms with E-state index in [1.165, 1.54) is 0 Å². The van der Waals surface area contributed by atoms with Crippen molar-refractivity contribution in [3.8, 4) is 5.69 Å². The third-order valence-corrected chi connectivity index (χ3v) is 4.10. The van der Waals surface area contributed by atoms with E-state index in [2.05, 4.69) is 21.0 Å². The lowest BCUT2D eigenvalue weighted by molar-refractivity contribution is 0.0993. The van der Waals surface area contributed by atoms with Crippen LogP contribution in [0.25, 0.3) is 5.69 Å². The molecule has 1 aromatic heterocycles. The van der Waals surface area contributed by atoms with Gasteiger partial charge in [-0.15, -0.1) is 0 Å². The number of fused-ring (bicyclic) bond motifs is 1. The normalized spacial score (nSPS) is 17.8. The Labute approximate surface area is 125 Å². The molecule has 0 bridgehead atoms. The van der Waals surface area contributed by atoms with Gasteiger partial charge in [-0.2, -0.15) is 5.10 Å². The maximum absolute atomic E-state index is 11.6. The summed E-state index contributed by atoms with van der Waals surface area (Å²) >= 11 is 3.45. The molecule has 1 aliphatic carbocycles. The maximum Gasteiger partial charge on any atom is 0.269 e. The summed E-state index contributed by atoms with van der Waals surface area (Å²) in [6.07, 6.45) is 2.71. The standard InChI is InChI=1S/C14H15BrN4O/c15-8-3-1-4-9(7-8)19-11-6-2-5-10(16)12(11)13(18-19)14(17)20/h1,3-4,7,10H,2,5-6,16H2,(H2,17,20)/t10-/m1/s1. The second-order valence-electron chi connectivity index (χ2n) is 4.96. The third-order valence-electron chi connectivity index (χ3n) is 3.61. The van der Waals surface area contributed by atoms with Gasteiger partial charge in [0.15, 0.2) is 5.69 Å². The van der Waals surface area contributed by atoms with E-state index in [9.17, 15) is 4.79 Å². The lowest BCUT2D eigenvalue weighted by atomic mass is 9.91. The Bertz CT molecular complexity index is 680. The Hall–Kier alpha value is -1.66. The van der Waals surface area contributed by atoms with E-state index in [0.29, 0.717) is 5.69 Å². The Balaban J connectivity index is 2.22. The van der Waals surface area contributed by atoms with Crippen molar-refractivity contribution in [2.75, 3.05) is 0 Å². The quantitative estimate of drug-likeness (QED) is 0.881. The summed E-state index contributed by atoms with van der Waals surface area (Å²) in [6, 6.07) is 7.61. The number of nitrogens with zero attached hydrogens (tertiary/aromatic N) is 2. The molecule has 1 atom stereocenters. The summed E-state index contributed by atoms with van der Waals surface area (Å²) < 4.78 is 2.75. The molecule has 0 saturated carbocycles. The lowest BCUT2D eigenvalue weighted by Gasteiger charge is -2.20. The highest BCUT2D eigenvalue weighted by Gasteiger charge is 2.29. The summed E-state index contributed by atoms with van der Waals surface area (Å²) in [7, 11) is 0. The van der Waals surface area contributed by atoms with Gasteiger partial charge in [-0.1, -0.05) is 22.0 Å². The number of nitrogens with two attached hydrogens (primary N) is 2. The minimum atomic E-state index is -0.521. The average Bonchev–Trinajstić information content (AvgIpc) is 2.80. The van der Waals surface area contributed by atoms with Crippen LogP contribution in [0, 0.1) is 0 Å². The van der Waals surface area contributed by atoms with Crippen LogP contribution in [0.15, 0.2) is 28.7 Å². The predicted octanol–water partition coefficient (Wildman–Crippen LogP) is 2.07. The van der Waals surface area contributed by atoms with Gasteiger partial charge < -0.3 is 11.5 Å². The Morgan fingerprint density at radius 1 is 1.45 bits per heavy atom. The predicted molar refractivity (Wildman–Crippen MR) is 79.6 cm³/mol. The van der Waals surface area contributed by atoms with Crippen LogP contribution in [0.5, 0.6) is 0 Å². The zero-order chi connectivity index (χ0) is 14.3. The molecule has 1 aromatic carbocycles. The first kappa shape index (κ1) is 13.3. The Kier molecular flexibility index (Phi) is 3.35. The molecule has 2 aromatic rings. The Morgan fingerprint density at radius 2 is 2.25 bits per heavy atom. The molecule has 5 nitrogen and oxygen atoms in total. The number of carbonyl (C=O) groups excluding carboxylic acids is 1. The smallest absolute Gasteiger partial charge is 0.269 e. The van der Waals surface area contributed by atoms with E-state index >= 15 is 0 Å². The molecule has 0 unspecified atom stereocenters. The average molecular weight is 335 g/mol. The number of benzene rings is 1. The molecule has 0 fully saturated rings. The molecule has 0 radical (unpaired) electrons. The van der Waals surface area contributed by atoms with Crippen LogP contribution >= 0.6 is 15.9 Å². The first-order valence-electron chi connectivity index (χ1n) is 6.51. The van der Waals surface area contributed by atoms with Gasteiger partial charge in [0.2, 0.25) is 0 Å². The molecule has 0 saturated heterocycles. The summed E-state index contributed by atoms with van der Waals surface area (Å²) in [6.45, 7) is 0. The fraction of sp³-hybridized carbons (Fsp3) is 0.286. The minimum absolute atomic E-state index is 0.165. The van der Waals surface area contributed by atoms with Gasteiger partial charge in [-0.3, -0.25) is 4.79 Å². The summed E-state index contributed by atoms with van der Waals surface area (Å²) in [4.78, 5) is 11.6. The van der Waals surface area contributed by atoms with Gasteiger partial charge in [0.25, 0.3) is 5.91 Å². The van der Waals surface area contributed by atoms with Crippen LogP contribution in [0.3, 0.4) is 0 Å². The van der Waals surface area contributed by atoms with Gasteiger partial charge in [-0.25, -0.2) is 4.68 Å². The van der Waals surface area contributed by atoms with Crippen molar-refractivity contribution in [2.45, 2.75) is 25.3 Å². The fourth-order valence-electron chi connectivity index (χ4n) is 2.73. The molecule has 1 heterocycles. The first-order chi connectivity index (χ1) is 9.58. The fourth-order valence-corrected chi connectivity index (χ4v) is 3.12. The molecule has 3 rings (SSSR count). The molecule has 0 aliphatic heterocycles. The molecule has 6 heteroatoms. The van der Waals surface area contributed by atoms with Crippen molar-refractivity contribution in [1.82, 2.24) is 9.78 Å². The van der Waals surface area contributed by atoms with E-state index < -0.39 is 5.91 Å². The van der Waals surface area contributed by atoms with Gasteiger partial charge in [0, 0.05) is 21.8 Å². The second-order valence-corrected chi connectivity index (χ2v) is 5.88. The first-order valence-corrected chi connectivity index (χ1v) is 7.30. The van der Waals surface area contributed by atoms with Crippen LogP contribution < -0.4 is 11.5 Å². The van der Waals surface area contributed by atoms with E-state index in [0.717, 1.165) is 40.7 Å². The number of hydrogen-bond acceptors (Lipinski definition) is 3. The highest BCUT2D eigenvalue weighted by Crippen LogP contribution is 2.32. The number of halogens is 1. The van der Waals surface area contributed by atoms with Crippen LogP contribution in [0.1, 0.15) is 40.6 Å². The largest absolute Gasteiger partial charge is 0.364 e. The summed E-state index contributed by atoms with van der Waals surface area (Å²) in [5.41, 5.74) is 14.6. The van der Waals surface area contributed by atoms with E-state index in [1.807, 2.05) is 24.3 Å². The lowest BCUT2D eigenvalue weighted by Crippen LogP contribution is -2.22. The highest BCUT2D eigenvalue weighted by atomic mass is 79.9. The molecule has 104 valence electrons. The molecule has 1 amide bonds. The molecule has 0 spiro atoms. The van der Waals surface area contributed by atoms with Crippen LogP contribution in [0.4, 0.5) is 0 Å². The van der Waals surface area contributed by atoms with Crippen LogP contribution in [-0.2, 0) is 6.42 Å². The zero-order valence-electron chi connectivity index (χ0n) is 10.8. The number of aromatic nitrogens is 2. The monoisotopic (exact) mass is 334 g/mol. The van der Waals surface area contributed by atoms with Gasteiger partial charge in [0.05, 0.1) is 5.69 Å². The number of hydrogen-bond donors (Lipinski definition) is 2. The van der Waals surface area contributed by atoms with Gasteiger partial charge in [-0.05, 0) is 37.5 Å². The zero-order valence-corrected chi connectivity index (χ0v) is 12.4. The number of amides is 1. The Morgan fingerprint density at radius 3 is 2.95 bits per heavy atom. The SMILES string of the molecule is NC(=O)c1nn(-c2cccc(Br)c2)c2c1[C@H](N)CCC2. The van der Waals surface area contributed by atoms with Gasteiger partial charge in [0.1, 0.15) is 0 Å². The maximum atomic E-state index is 11.6. The number of carbonyl (C=O) groups is 1. The van der Waals surface area contributed by atoms with Crippen molar-refractivity contribution in [2.24, 2.45) is 11.5 Å².